The number of carbonyl (C=O) groups excluding carboxylic acids is 4. The Labute approximate surface area is 340 Å². The van der Waals surface area contributed by atoms with Crippen molar-refractivity contribution in [2.24, 2.45) is 5.73 Å². The standard InChI is InChI=1S/C41H61N9O8/c1-25-21-28(51)22-26(2)29(25)24-32(47-34(52)30(18-14-20-44-37(42)43)48-39(55)57-41(6,7)8)35(53)46-31(17-12-13-19-45-38(54)56-40(3,4)5)36-49-33(50-58-36)23-27-15-10-9-11-16-27/h9-11,15-16,21-22,30-32,51H,12-14,17-20,23-24H2,1-8H3,(H,45,54)(H,46,53)(H,47,52)(H,48,55)(H4,42,43,44)/t30-,31+,32-/m0/s1. The van der Waals surface area contributed by atoms with Crippen LogP contribution in [0.5, 0.6) is 5.75 Å². The van der Waals surface area contributed by atoms with Gasteiger partial charge in [0.1, 0.15) is 35.1 Å². The summed E-state index contributed by atoms with van der Waals surface area (Å²) in [6.45, 7) is 14.6. The molecule has 4 amide bonds. The number of hydrogen-bond donors (Lipinski definition) is 8. The Morgan fingerprint density at radius 2 is 1.41 bits per heavy atom. The van der Waals surface area contributed by atoms with E-state index in [4.69, 9.17) is 25.1 Å². The number of aryl methyl sites for hydroxylation is 2. The van der Waals surface area contributed by atoms with Gasteiger partial charge in [0.05, 0.1) is 0 Å². The molecular weight excluding hydrogens is 747 g/mol. The average Bonchev–Trinajstić information content (AvgIpc) is 3.56. The molecule has 17 heteroatoms. The fourth-order valence-corrected chi connectivity index (χ4v) is 5.99. The molecule has 0 fully saturated rings. The van der Waals surface area contributed by atoms with E-state index < -0.39 is 53.3 Å². The lowest BCUT2D eigenvalue weighted by Gasteiger charge is -2.27. The number of carbonyl (C=O) groups is 4. The third-order valence-electron chi connectivity index (χ3n) is 8.61. The fourth-order valence-electron chi connectivity index (χ4n) is 5.99. The number of aromatic nitrogens is 2. The molecule has 0 saturated heterocycles. The van der Waals surface area contributed by atoms with Gasteiger partial charge >= 0.3 is 12.2 Å². The summed E-state index contributed by atoms with van der Waals surface area (Å²) in [6.07, 6.45) is 0.970. The minimum Gasteiger partial charge on any atom is -0.508 e. The molecule has 2 aromatic carbocycles. The van der Waals surface area contributed by atoms with E-state index in [1.165, 1.54) is 0 Å². The second-order valence-corrected chi connectivity index (χ2v) is 16.2. The van der Waals surface area contributed by atoms with Crippen LogP contribution in [-0.4, -0.2) is 81.6 Å². The number of nitrogens with two attached hydrogens (primary N) is 1. The largest absolute Gasteiger partial charge is 0.508 e. The number of amides is 4. The van der Waals surface area contributed by atoms with E-state index in [0.717, 1.165) is 11.1 Å². The average molecular weight is 808 g/mol. The third kappa shape index (κ3) is 17.1. The van der Waals surface area contributed by atoms with E-state index in [9.17, 15) is 24.3 Å². The number of hydrogen-bond acceptors (Lipinski definition) is 11. The minimum absolute atomic E-state index is 0.0379. The molecule has 3 aromatic rings. The van der Waals surface area contributed by atoms with Gasteiger partial charge in [-0.05, 0) is 122 Å². The smallest absolute Gasteiger partial charge is 0.408 e. The first-order valence-electron chi connectivity index (χ1n) is 19.5. The van der Waals surface area contributed by atoms with Crippen molar-refractivity contribution in [1.29, 1.82) is 5.41 Å². The number of benzene rings is 2. The Kier molecular flexibility index (Phi) is 17.3. The quantitative estimate of drug-likeness (QED) is 0.0465. The first-order valence-corrected chi connectivity index (χ1v) is 19.5. The van der Waals surface area contributed by atoms with E-state index in [2.05, 4.69) is 36.7 Å². The summed E-state index contributed by atoms with van der Waals surface area (Å²) in [4.78, 5) is 58.2. The van der Waals surface area contributed by atoms with Crippen LogP contribution in [0.1, 0.15) is 114 Å². The van der Waals surface area contributed by atoms with Crippen molar-refractivity contribution in [3.63, 3.8) is 0 Å². The number of rotatable bonds is 19. The molecule has 0 saturated carbocycles. The lowest BCUT2D eigenvalue weighted by atomic mass is 9.95. The number of phenols is 1. The molecule has 3 atom stereocenters. The first kappa shape index (κ1) is 46.5. The van der Waals surface area contributed by atoms with Crippen LogP contribution in [0.15, 0.2) is 47.0 Å². The van der Waals surface area contributed by atoms with E-state index in [0.29, 0.717) is 55.6 Å². The Morgan fingerprint density at radius 3 is 2.03 bits per heavy atom. The zero-order valence-electron chi connectivity index (χ0n) is 34.9. The maximum atomic E-state index is 14.4. The lowest BCUT2D eigenvalue weighted by Crippen LogP contribution is -2.55. The fraction of sp³-hybridized carbons (Fsp3) is 0.537. The molecule has 318 valence electrons. The first-order chi connectivity index (χ1) is 27.2. The molecule has 0 aliphatic rings. The summed E-state index contributed by atoms with van der Waals surface area (Å²) >= 11 is 0. The molecule has 0 bridgehead atoms. The number of unbranched alkanes of at least 4 members (excludes halogenated alkanes) is 1. The Hall–Kier alpha value is -5.87. The summed E-state index contributed by atoms with van der Waals surface area (Å²) < 4.78 is 16.5. The van der Waals surface area contributed by atoms with Gasteiger partial charge in [-0.1, -0.05) is 35.5 Å². The van der Waals surface area contributed by atoms with Crippen LogP contribution < -0.4 is 32.3 Å². The van der Waals surface area contributed by atoms with E-state index >= 15 is 0 Å². The number of ether oxygens (including phenoxy) is 2. The summed E-state index contributed by atoms with van der Waals surface area (Å²) in [6, 6.07) is 9.70. The van der Waals surface area contributed by atoms with E-state index in [-0.39, 0.29) is 37.0 Å². The SMILES string of the molecule is Cc1cc(O)cc(C)c1C[C@H](NC(=O)[C@H](CCCNC(=N)N)NC(=O)OC(C)(C)C)C(=O)N[C@H](CCCCNC(=O)OC(C)(C)C)c1nc(Cc2ccccc2)no1. The van der Waals surface area contributed by atoms with Gasteiger partial charge in [0.2, 0.25) is 17.7 Å². The number of phenolic OH excluding ortho intramolecular Hbond substituents is 1. The lowest BCUT2D eigenvalue weighted by molar-refractivity contribution is -0.130. The predicted octanol–water partition coefficient (Wildman–Crippen LogP) is 4.72. The maximum absolute atomic E-state index is 14.4. The zero-order valence-corrected chi connectivity index (χ0v) is 34.9. The van der Waals surface area contributed by atoms with Gasteiger partial charge in [0, 0.05) is 25.9 Å². The molecule has 0 spiro atoms. The maximum Gasteiger partial charge on any atom is 0.408 e. The van der Waals surface area contributed by atoms with Crippen LogP contribution in [0, 0.1) is 19.3 Å². The molecule has 1 heterocycles. The Morgan fingerprint density at radius 1 is 0.810 bits per heavy atom. The molecule has 0 aliphatic carbocycles. The molecular formula is C41H61N9O8. The molecule has 17 nitrogen and oxygen atoms in total. The van der Waals surface area contributed by atoms with Crippen LogP contribution in [0.2, 0.25) is 0 Å². The Balaban J connectivity index is 1.91. The molecule has 0 aliphatic heterocycles. The summed E-state index contributed by atoms with van der Waals surface area (Å²) in [7, 11) is 0. The van der Waals surface area contributed by atoms with Gasteiger partial charge in [-0.25, -0.2) is 9.59 Å². The van der Waals surface area contributed by atoms with Crippen molar-refractivity contribution in [2.45, 2.75) is 130 Å². The molecule has 58 heavy (non-hydrogen) atoms. The van der Waals surface area contributed by atoms with Crippen LogP contribution in [0.4, 0.5) is 9.59 Å². The highest BCUT2D eigenvalue weighted by atomic mass is 16.6. The van der Waals surface area contributed by atoms with Crippen molar-refractivity contribution in [3.8, 4) is 5.75 Å². The van der Waals surface area contributed by atoms with Gasteiger partial charge in [0.25, 0.3) is 0 Å². The van der Waals surface area contributed by atoms with Crippen molar-refractivity contribution < 1.29 is 38.3 Å². The summed E-state index contributed by atoms with van der Waals surface area (Å²) in [5, 5.41) is 35.8. The van der Waals surface area contributed by atoms with Gasteiger partial charge in [-0.15, -0.1) is 0 Å². The van der Waals surface area contributed by atoms with Gasteiger partial charge in [0.15, 0.2) is 11.8 Å². The number of guanidine groups is 1. The van der Waals surface area contributed by atoms with Crippen molar-refractivity contribution in [2.75, 3.05) is 13.1 Å². The molecule has 3 rings (SSSR count). The normalized spacial score (nSPS) is 13.0. The summed E-state index contributed by atoms with van der Waals surface area (Å²) in [5.74, 6) is -0.787. The van der Waals surface area contributed by atoms with Gasteiger partial charge < -0.3 is 51.4 Å². The zero-order chi connectivity index (χ0) is 43.0. The van der Waals surface area contributed by atoms with Gasteiger partial charge in [-0.3, -0.25) is 15.0 Å². The second-order valence-electron chi connectivity index (χ2n) is 16.2. The van der Waals surface area contributed by atoms with Crippen LogP contribution in [-0.2, 0) is 31.9 Å². The van der Waals surface area contributed by atoms with Crippen molar-refractivity contribution >= 4 is 30.0 Å². The highest BCUT2D eigenvalue weighted by Gasteiger charge is 2.32. The number of alkyl carbamates (subject to hydrolysis) is 2. The van der Waals surface area contributed by atoms with Crippen LogP contribution in [0.25, 0.3) is 0 Å². The number of aromatic hydroxyl groups is 1. The van der Waals surface area contributed by atoms with E-state index in [1.807, 2.05) is 30.3 Å². The molecule has 0 unspecified atom stereocenters. The topological polar surface area (TPSA) is 256 Å². The minimum atomic E-state index is -1.17. The number of nitrogens with one attached hydrogen (secondary N) is 6. The van der Waals surface area contributed by atoms with E-state index in [1.54, 1.807) is 67.5 Å². The molecule has 0 radical (unpaired) electrons. The van der Waals surface area contributed by atoms with Crippen molar-refractivity contribution in [1.82, 2.24) is 36.7 Å². The number of nitrogens with zero attached hydrogens (tertiary/aromatic N) is 2. The second kappa shape index (κ2) is 21.6. The molecule has 9 N–H and O–H groups in total. The van der Waals surface area contributed by atoms with Crippen LogP contribution in [0.3, 0.4) is 0 Å². The molecule has 1 aromatic heterocycles. The third-order valence-corrected chi connectivity index (χ3v) is 8.61. The van der Waals surface area contributed by atoms with Crippen LogP contribution >= 0.6 is 0 Å². The summed E-state index contributed by atoms with van der Waals surface area (Å²) in [5.41, 5.74) is 7.06. The predicted molar refractivity (Wildman–Crippen MR) is 218 cm³/mol. The van der Waals surface area contributed by atoms with Gasteiger partial charge in [-0.2, -0.15) is 4.98 Å². The monoisotopic (exact) mass is 807 g/mol. The van der Waals surface area contributed by atoms with Crippen molar-refractivity contribution in [3.05, 3.63) is 76.4 Å². The Bertz CT molecular complexity index is 1810. The highest BCUT2D eigenvalue weighted by molar-refractivity contribution is 5.91. The highest BCUT2D eigenvalue weighted by Crippen LogP contribution is 2.24.